The van der Waals surface area contributed by atoms with Crippen molar-refractivity contribution in [3.63, 3.8) is 0 Å². The Bertz CT molecular complexity index is 352. The normalized spacial score (nSPS) is 29.8. The summed E-state index contributed by atoms with van der Waals surface area (Å²) >= 11 is 0. The Hall–Kier alpha value is -1.26. The van der Waals surface area contributed by atoms with Crippen molar-refractivity contribution in [1.29, 1.82) is 0 Å². The summed E-state index contributed by atoms with van der Waals surface area (Å²) in [5.41, 5.74) is 0.222. The van der Waals surface area contributed by atoms with Gasteiger partial charge in [0.15, 0.2) is 0 Å². The molecule has 0 bridgehead atoms. The van der Waals surface area contributed by atoms with Crippen LogP contribution in [0, 0.1) is 11.3 Å². The second-order valence-corrected chi connectivity index (χ2v) is 6.07. The number of carboxylic acid groups (broad SMARTS) is 1. The Morgan fingerprint density at radius 3 is 2.61 bits per heavy atom. The van der Waals surface area contributed by atoms with Crippen LogP contribution in [-0.2, 0) is 4.79 Å². The second-order valence-electron chi connectivity index (χ2n) is 6.07. The minimum absolute atomic E-state index is 0.0348. The molecule has 2 fully saturated rings. The summed E-state index contributed by atoms with van der Waals surface area (Å²) < 4.78 is 0. The smallest absolute Gasteiger partial charge is 0.326 e. The van der Waals surface area contributed by atoms with Gasteiger partial charge in [-0.3, -0.25) is 0 Å². The molecule has 0 aromatic rings. The molecular formula is C13H22N2O3. The molecule has 0 spiro atoms. The first-order chi connectivity index (χ1) is 8.43. The Kier molecular flexibility index (Phi) is 3.50. The van der Waals surface area contributed by atoms with Gasteiger partial charge in [-0.05, 0) is 30.6 Å². The van der Waals surface area contributed by atoms with E-state index in [0.29, 0.717) is 13.1 Å². The molecule has 0 aromatic carbocycles. The zero-order valence-electron chi connectivity index (χ0n) is 11.1. The molecule has 2 atom stereocenters. The van der Waals surface area contributed by atoms with Gasteiger partial charge in [-0.2, -0.15) is 0 Å². The monoisotopic (exact) mass is 254 g/mol. The summed E-state index contributed by atoms with van der Waals surface area (Å²) in [5.74, 6) is -0.863. The molecule has 1 saturated carbocycles. The van der Waals surface area contributed by atoms with Gasteiger partial charge in [-0.25, -0.2) is 9.59 Å². The Morgan fingerprint density at radius 1 is 1.44 bits per heavy atom. The number of aliphatic carboxylic acids is 1. The van der Waals surface area contributed by atoms with E-state index < -0.39 is 12.0 Å². The third kappa shape index (κ3) is 2.44. The van der Waals surface area contributed by atoms with Crippen molar-refractivity contribution < 1.29 is 14.7 Å². The molecule has 0 radical (unpaired) electrons. The van der Waals surface area contributed by atoms with Gasteiger partial charge in [0.25, 0.3) is 0 Å². The fraction of sp³-hybridized carbons (Fsp3) is 0.846. The van der Waals surface area contributed by atoms with Crippen molar-refractivity contribution in [3.05, 3.63) is 0 Å². The fourth-order valence-electron chi connectivity index (χ4n) is 2.90. The molecule has 2 rings (SSSR count). The van der Waals surface area contributed by atoms with Crippen LogP contribution in [0.15, 0.2) is 0 Å². The molecule has 1 aliphatic heterocycles. The summed E-state index contributed by atoms with van der Waals surface area (Å²) in [7, 11) is 0. The summed E-state index contributed by atoms with van der Waals surface area (Å²) in [4.78, 5) is 24.7. The van der Waals surface area contributed by atoms with Crippen LogP contribution in [0.5, 0.6) is 0 Å². The van der Waals surface area contributed by atoms with Crippen LogP contribution in [-0.4, -0.2) is 41.1 Å². The van der Waals surface area contributed by atoms with E-state index in [9.17, 15) is 9.59 Å². The lowest BCUT2D eigenvalue weighted by Gasteiger charge is -2.39. The number of carbonyl (C=O) groups is 2. The minimum Gasteiger partial charge on any atom is -0.480 e. The lowest BCUT2D eigenvalue weighted by molar-refractivity contribution is -0.142. The van der Waals surface area contributed by atoms with Crippen LogP contribution in [0.25, 0.3) is 0 Å². The van der Waals surface area contributed by atoms with Crippen molar-refractivity contribution >= 4 is 12.0 Å². The average Bonchev–Trinajstić information content (AvgIpc) is 2.65. The standard InChI is InChI=1S/C13H22N2O3/c1-9-4-7-15(10(9)11(16)17)12(18)14-8-13(2)5-3-6-13/h9-10H,3-8H2,1-2H3,(H,14,18)(H,16,17). The highest BCUT2D eigenvalue weighted by Crippen LogP contribution is 2.39. The Labute approximate surface area is 108 Å². The second kappa shape index (κ2) is 4.78. The van der Waals surface area contributed by atoms with E-state index in [1.54, 1.807) is 0 Å². The highest BCUT2D eigenvalue weighted by molar-refractivity contribution is 5.83. The van der Waals surface area contributed by atoms with E-state index in [-0.39, 0.29) is 17.4 Å². The van der Waals surface area contributed by atoms with Gasteiger partial charge < -0.3 is 15.3 Å². The number of amides is 2. The van der Waals surface area contributed by atoms with Gasteiger partial charge in [0.2, 0.25) is 0 Å². The number of hydrogen-bond acceptors (Lipinski definition) is 2. The molecule has 2 unspecified atom stereocenters. The van der Waals surface area contributed by atoms with Gasteiger partial charge >= 0.3 is 12.0 Å². The topological polar surface area (TPSA) is 69.6 Å². The number of likely N-dealkylation sites (tertiary alicyclic amines) is 1. The van der Waals surface area contributed by atoms with Crippen molar-refractivity contribution in [1.82, 2.24) is 10.2 Å². The van der Waals surface area contributed by atoms with Crippen LogP contribution in [0.1, 0.15) is 39.5 Å². The third-order valence-electron chi connectivity index (χ3n) is 4.44. The summed E-state index contributed by atoms with van der Waals surface area (Å²) in [5, 5.41) is 12.1. The van der Waals surface area contributed by atoms with Gasteiger partial charge in [0.05, 0.1) is 0 Å². The zero-order valence-corrected chi connectivity index (χ0v) is 11.1. The lowest BCUT2D eigenvalue weighted by Crippen LogP contribution is -2.50. The molecule has 5 nitrogen and oxygen atoms in total. The van der Waals surface area contributed by atoms with Crippen LogP contribution in [0.4, 0.5) is 4.79 Å². The van der Waals surface area contributed by atoms with Crippen molar-refractivity contribution in [2.24, 2.45) is 11.3 Å². The predicted molar refractivity (Wildman–Crippen MR) is 67.3 cm³/mol. The van der Waals surface area contributed by atoms with Crippen LogP contribution in [0.2, 0.25) is 0 Å². The number of nitrogens with zero attached hydrogens (tertiary/aromatic N) is 1. The average molecular weight is 254 g/mol. The first kappa shape index (κ1) is 13.2. The zero-order chi connectivity index (χ0) is 13.3. The van der Waals surface area contributed by atoms with Gasteiger partial charge in [0, 0.05) is 13.1 Å². The van der Waals surface area contributed by atoms with E-state index >= 15 is 0 Å². The van der Waals surface area contributed by atoms with Crippen molar-refractivity contribution in [2.45, 2.75) is 45.6 Å². The molecule has 1 heterocycles. The van der Waals surface area contributed by atoms with E-state index in [0.717, 1.165) is 19.3 Å². The maximum atomic E-state index is 12.0. The first-order valence-electron chi connectivity index (χ1n) is 6.70. The van der Waals surface area contributed by atoms with E-state index in [1.165, 1.54) is 11.3 Å². The highest BCUT2D eigenvalue weighted by Gasteiger charge is 2.40. The molecule has 1 aliphatic carbocycles. The molecular weight excluding hydrogens is 232 g/mol. The van der Waals surface area contributed by atoms with E-state index in [1.807, 2.05) is 6.92 Å². The number of rotatable bonds is 3. The summed E-state index contributed by atoms with van der Waals surface area (Å²) in [6.45, 7) is 5.25. The molecule has 102 valence electrons. The predicted octanol–water partition coefficient (Wildman–Crippen LogP) is 1.68. The van der Waals surface area contributed by atoms with E-state index in [4.69, 9.17) is 5.11 Å². The summed E-state index contributed by atoms with van der Waals surface area (Å²) in [6, 6.07) is -0.890. The fourth-order valence-corrected chi connectivity index (χ4v) is 2.90. The minimum atomic E-state index is -0.898. The number of hydrogen-bond donors (Lipinski definition) is 2. The van der Waals surface area contributed by atoms with Gasteiger partial charge in [0.1, 0.15) is 6.04 Å². The number of nitrogens with one attached hydrogen (secondary N) is 1. The Balaban J connectivity index is 1.90. The van der Waals surface area contributed by atoms with Crippen LogP contribution >= 0.6 is 0 Å². The quantitative estimate of drug-likeness (QED) is 0.805. The van der Waals surface area contributed by atoms with E-state index in [2.05, 4.69) is 12.2 Å². The SMILES string of the molecule is CC1CCN(C(=O)NCC2(C)CCC2)C1C(=O)O. The molecule has 2 amide bonds. The molecule has 2 aliphatic rings. The largest absolute Gasteiger partial charge is 0.480 e. The number of urea groups is 1. The van der Waals surface area contributed by atoms with Crippen molar-refractivity contribution in [3.8, 4) is 0 Å². The maximum Gasteiger partial charge on any atom is 0.326 e. The molecule has 1 saturated heterocycles. The first-order valence-corrected chi connectivity index (χ1v) is 6.70. The number of carbonyl (C=O) groups excluding carboxylic acids is 1. The maximum absolute atomic E-state index is 12.0. The highest BCUT2D eigenvalue weighted by atomic mass is 16.4. The van der Waals surface area contributed by atoms with Crippen molar-refractivity contribution in [2.75, 3.05) is 13.1 Å². The Morgan fingerprint density at radius 2 is 2.11 bits per heavy atom. The molecule has 2 N–H and O–H groups in total. The molecule has 0 aromatic heterocycles. The molecule has 5 heteroatoms. The number of carboxylic acids is 1. The molecule has 18 heavy (non-hydrogen) atoms. The third-order valence-corrected chi connectivity index (χ3v) is 4.44. The van der Waals surface area contributed by atoms with Crippen LogP contribution < -0.4 is 5.32 Å². The van der Waals surface area contributed by atoms with Crippen LogP contribution in [0.3, 0.4) is 0 Å². The van der Waals surface area contributed by atoms with Gasteiger partial charge in [-0.1, -0.05) is 20.3 Å². The lowest BCUT2D eigenvalue weighted by atomic mass is 9.70. The summed E-state index contributed by atoms with van der Waals surface area (Å²) in [6.07, 6.45) is 4.28. The van der Waals surface area contributed by atoms with Gasteiger partial charge in [-0.15, -0.1) is 0 Å².